The molecule has 3 heteroatoms. The highest BCUT2D eigenvalue weighted by Crippen LogP contribution is 2.35. The molecule has 2 aromatic carbocycles. The van der Waals surface area contributed by atoms with Gasteiger partial charge in [0.05, 0.1) is 4.90 Å². The summed E-state index contributed by atoms with van der Waals surface area (Å²) in [7, 11) is 0. The molecule has 0 saturated heterocycles. The van der Waals surface area contributed by atoms with E-state index in [4.69, 9.17) is 5.73 Å². The topological polar surface area (TPSA) is 46.2 Å². The van der Waals surface area contributed by atoms with Crippen molar-refractivity contribution in [2.75, 3.05) is 0 Å². The van der Waals surface area contributed by atoms with Crippen molar-refractivity contribution in [2.24, 2.45) is 5.73 Å². The van der Waals surface area contributed by atoms with Crippen molar-refractivity contribution in [2.45, 2.75) is 29.2 Å². The van der Waals surface area contributed by atoms with Crippen LogP contribution in [0, 0.1) is 0 Å². The molecule has 1 atom stereocenters. The van der Waals surface area contributed by atoms with Gasteiger partial charge in [-0.25, -0.2) is 0 Å². The van der Waals surface area contributed by atoms with Gasteiger partial charge in [0.15, 0.2) is 0 Å². The molecular formula is C15H17NOS. The van der Waals surface area contributed by atoms with E-state index in [-0.39, 0.29) is 6.04 Å². The third kappa shape index (κ3) is 3.28. The number of nitrogens with two attached hydrogens (primary N) is 1. The van der Waals surface area contributed by atoms with Crippen LogP contribution in [-0.2, 0) is 6.42 Å². The van der Waals surface area contributed by atoms with Gasteiger partial charge in [-0.3, -0.25) is 0 Å². The number of hydrogen-bond acceptors (Lipinski definition) is 3. The molecule has 0 bridgehead atoms. The van der Waals surface area contributed by atoms with Crippen LogP contribution in [0.15, 0.2) is 58.3 Å². The van der Waals surface area contributed by atoms with Gasteiger partial charge in [-0.15, -0.1) is 0 Å². The Balaban J connectivity index is 2.26. The molecule has 0 aliphatic rings. The first-order valence-corrected chi connectivity index (χ1v) is 6.78. The van der Waals surface area contributed by atoms with E-state index >= 15 is 0 Å². The van der Waals surface area contributed by atoms with Gasteiger partial charge in [-0.2, -0.15) is 0 Å². The fourth-order valence-electron chi connectivity index (χ4n) is 1.78. The zero-order valence-electron chi connectivity index (χ0n) is 10.3. The van der Waals surface area contributed by atoms with Crippen LogP contribution in [0.3, 0.4) is 0 Å². The lowest BCUT2D eigenvalue weighted by Gasteiger charge is -2.11. The Bertz CT molecular complexity index is 525. The normalized spacial score (nSPS) is 12.3. The molecule has 0 amide bonds. The first-order chi connectivity index (χ1) is 8.66. The molecule has 2 rings (SSSR count). The second-order valence-electron chi connectivity index (χ2n) is 4.36. The Morgan fingerprint density at radius 1 is 1.06 bits per heavy atom. The van der Waals surface area contributed by atoms with Gasteiger partial charge in [-0.1, -0.05) is 42.1 Å². The van der Waals surface area contributed by atoms with Crippen molar-refractivity contribution in [1.29, 1.82) is 0 Å². The molecule has 0 radical (unpaired) electrons. The predicted molar refractivity (Wildman–Crippen MR) is 76.0 cm³/mol. The maximum absolute atomic E-state index is 9.80. The minimum absolute atomic E-state index is 0.135. The van der Waals surface area contributed by atoms with Crippen molar-refractivity contribution in [3.8, 4) is 5.75 Å². The van der Waals surface area contributed by atoms with Gasteiger partial charge in [0.1, 0.15) is 5.75 Å². The minimum Gasteiger partial charge on any atom is -0.507 e. The summed E-state index contributed by atoms with van der Waals surface area (Å²) in [5.74, 6) is 0.318. The monoisotopic (exact) mass is 259 g/mol. The van der Waals surface area contributed by atoms with Crippen molar-refractivity contribution in [3.05, 3.63) is 54.1 Å². The van der Waals surface area contributed by atoms with Crippen LogP contribution in [0.4, 0.5) is 0 Å². The predicted octanol–water partition coefficient (Wildman–Crippen LogP) is 3.43. The van der Waals surface area contributed by atoms with E-state index in [2.05, 4.69) is 12.1 Å². The average molecular weight is 259 g/mol. The Labute approximate surface area is 112 Å². The van der Waals surface area contributed by atoms with Crippen LogP contribution in [0.1, 0.15) is 12.5 Å². The van der Waals surface area contributed by atoms with Crippen molar-refractivity contribution < 1.29 is 5.11 Å². The smallest absolute Gasteiger partial charge is 0.129 e. The Hall–Kier alpha value is -1.45. The summed E-state index contributed by atoms with van der Waals surface area (Å²) in [5.41, 5.74) is 7.08. The Morgan fingerprint density at radius 2 is 1.67 bits per heavy atom. The van der Waals surface area contributed by atoms with E-state index in [0.717, 1.165) is 16.2 Å². The molecule has 0 heterocycles. The molecule has 0 unspecified atom stereocenters. The van der Waals surface area contributed by atoms with E-state index < -0.39 is 0 Å². The van der Waals surface area contributed by atoms with Gasteiger partial charge < -0.3 is 10.8 Å². The number of rotatable bonds is 4. The van der Waals surface area contributed by atoms with Crippen molar-refractivity contribution >= 4 is 11.8 Å². The third-order valence-corrected chi connectivity index (χ3v) is 3.78. The second kappa shape index (κ2) is 5.94. The fourth-order valence-corrected chi connectivity index (χ4v) is 2.77. The highest BCUT2D eigenvalue weighted by molar-refractivity contribution is 7.99. The van der Waals surface area contributed by atoms with Gasteiger partial charge in [0.2, 0.25) is 0 Å². The lowest BCUT2D eigenvalue weighted by Crippen LogP contribution is -2.18. The second-order valence-corrected chi connectivity index (χ2v) is 5.44. The van der Waals surface area contributed by atoms with Crippen molar-refractivity contribution in [1.82, 2.24) is 0 Å². The van der Waals surface area contributed by atoms with Crippen LogP contribution in [-0.4, -0.2) is 11.1 Å². The van der Waals surface area contributed by atoms with E-state index in [9.17, 15) is 5.11 Å². The van der Waals surface area contributed by atoms with E-state index in [1.165, 1.54) is 5.56 Å². The average Bonchev–Trinajstić information content (AvgIpc) is 2.34. The number of hydrogen-bond donors (Lipinski definition) is 2. The molecule has 94 valence electrons. The summed E-state index contributed by atoms with van der Waals surface area (Å²) in [6.45, 7) is 2.00. The van der Waals surface area contributed by atoms with Gasteiger partial charge in [-0.05, 0) is 37.1 Å². The van der Waals surface area contributed by atoms with Gasteiger partial charge in [0, 0.05) is 10.9 Å². The highest BCUT2D eigenvalue weighted by atomic mass is 32.2. The summed E-state index contributed by atoms with van der Waals surface area (Å²) < 4.78 is 0. The highest BCUT2D eigenvalue weighted by Gasteiger charge is 2.08. The summed E-state index contributed by atoms with van der Waals surface area (Å²) in [5, 5.41) is 9.80. The Kier molecular flexibility index (Phi) is 4.28. The molecular weight excluding hydrogens is 242 g/mol. The largest absolute Gasteiger partial charge is 0.507 e. The van der Waals surface area contributed by atoms with Crippen LogP contribution in [0.2, 0.25) is 0 Å². The maximum atomic E-state index is 9.80. The van der Waals surface area contributed by atoms with Gasteiger partial charge >= 0.3 is 0 Å². The summed E-state index contributed by atoms with van der Waals surface area (Å²) in [6, 6.07) is 15.7. The number of aromatic hydroxyl groups is 1. The summed E-state index contributed by atoms with van der Waals surface area (Å²) in [6.07, 6.45) is 0.844. The fraction of sp³-hybridized carbons (Fsp3) is 0.200. The standard InChI is InChI=1S/C15H17NOS/c1-11(16)10-12-6-2-4-8-14(12)18-15-9-5-3-7-13(15)17/h2-9,11,17H,10,16H2,1H3/t11-/m0/s1. The number of phenolic OH excluding ortho intramolecular Hbond substituents is 1. The quantitative estimate of drug-likeness (QED) is 0.884. The van der Waals surface area contributed by atoms with E-state index in [1.54, 1.807) is 17.8 Å². The summed E-state index contributed by atoms with van der Waals surface area (Å²) >= 11 is 1.58. The van der Waals surface area contributed by atoms with Crippen LogP contribution < -0.4 is 5.73 Å². The molecule has 0 saturated carbocycles. The zero-order valence-corrected chi connectivity index (χ0v) is 11.2. The first-order valence-electron chi connectivity index (χ1n) is 5.96. The molecule has 2 aromatic rings. The lowest BCUT2D eigenvalue weighted by atomic mass is 10.1. The van der Waals surface area contributed by atoms with Crippen molar-refractivity contribution in [3.63, 3.8) is 0 Å². The zero-order chi connectivity index (χ0) is 13.0. The van der Waals surface area contributed by atoms with Crippen LogP contribution >= 0.6 is 11.8 Å². The summed E-state index contributed by atoms with van der Waals surface area (Å²) in [4.78, 5) is 2.02. The number of phenols is 1. The SMILES string of the molecule is C[C@H](N)Cc1ccccc1Sc1ccccc1O. The molecule has 3 N–H and O–H groups in total. The van der Waals surface area contributed by atoms with E-state index in [0.29, 0.717) is 5.75 Å². The Morgan fingerprint density at radius 3 is 2.33 bits per heavy atom. The molecule has 0 spiro atoms. The molecule has 18 heavy (non-hydrogen) atoms. The number of para-hydroxylation sites is 1. The molecule has 0 aliphatic heterocycles. The lowest BCUT2D eigenvalue weighted by molar-refractivity contribution is 0.462. The van der Waals surface area contributed by atoms with E-state index in [1.807, 2.05) is 37.3 Å². The molecule has 0 fully saturated rings. The molecule has 0 aromatic heterocycles. The third-order valence-electron chi connectivity index (χ3n) is 2.60. The van der Waals surface area contributed by atoms with Crippen LogP contribution in [0.25, 0.3) is 0 Å². The van der Waals surface area contributed by atoms with Gasteiger partial charge in [0.25, 0.3) is 0 Å². The first kappa shape index (κ1) is 13.0. The minimum atomic E-state index is 0.135. The number of benzene rings is 2. The molecule has 2 nitrogen and oxygen atoms in total. The maximum Gasteiger partial charge on any atom is 0.129 e. The molecule has 0 aliphatic carbocycles. The van der Waals surface area contributed by atoms with Crippen LogP contribution in [0.5, 0.6) is 5.75 Å².